The second-order valence-corrected chi connectivity index (χ2v) is 10.0. The Kier molecular flexibility index (Phi) is 6.04. The van der Waals surface area contributed by atoms with Crippen molar-refractivity contribution in [3.63, 3.8) is 0 Å². The molecule has 1 aliphatic carbocycles. The van der Waals surface area contributed by atoms with Gasteiger partial charge in [-0.1, -0.05) is 6.07 Å². The van der Waals surface area contributed by atoms with E-state index in [9.17, 15) is 4.79 Å². The number of pyridine rings is 1. The summed E-state index contributed by atoms with van der Waals surface area (Å²) in [5, 5.41) is 0. The summed E-state index contributed by atoms with van der Waals surface area (Å²) in [5.41, 5.74) is 6.15. The maximum absolute atomic E-state index is 11.6. The summed E-state index contributed by atoms with van der Waals surface area (Å²) in [4.78, 5) is 20.9. The Labute approximate surface area is 196 Å². The van der Waals surface area contributed by atoms with E-state index in [-0.39, 0.29) is 5.97 Å². The fraction of sp³-hybridized carbons (Fsp3) is 0.556. The van der Waals surface area contributed by atoms with Gasteiger partial charge >= 0.3 is 5.97 Å². The topological polar surface area (TPSA) is 54.9 Å². The zero-order valence-corrected chi connectivity index (χ0v) is 20.1. The van der Waals surface area contributed by atoms with Gasteiger partial charge in [0.15, 0.2) is 0 Å². The van der Waals surface area contributed by atoms with E-state index in [2.05, 4.69) is 40.8 Å². The van der Waals surface area contributed by atoms with Crippen LogP contribution in [0.15, 0.2) is 30.5 Å². The molecule has 0 atom stereocenters. The number of likely N-dealkylation sites (tertiary alicyclic amines) is 1. The highest BCUT2D eigenvalue weighted by atomic mass is 16.5. The first-order valence-corrected chi connectivity index (χ1v) is 12.3. The average Bonchev–Trinajstić information content (AvgIpc) is 3.65. The van der Waals surface area contributed by atoms with Gasteiger partial charge in [-0.3, -0.25) is 4.90 Å². The van der Waals surface area contributed by atoms with Crippen LogP contribution in [0.2, 0.25) is 0 Å². The predicted octanol–water partition coefficient (Wildman–Crippen LogP) is 4.56. The Morgan fingerprint density at radius 3 is 2.55 bits per heavy atom. The summed E-state index contributed by atoms with van der Waals surface area (Å²) >= 11 is 0. The molecule has 6 nitrogen and oxygen atoms in total. The Morgan fingerprint density at radius 2 is 1.94 bits per heavy atom. The third-order valence-electron chi connectivity index (χ3n) is 7.62. The molecule has 0 amide bonds. The van der Waals surface area contributed by atoms with E-state index >= 15 is 0 Å². The van der Waals surface area contributed by atoms with Gasteiger partial charge in [0.25, 0.3) is 0 Å². The average molecular weight is 450 g/mol. The lowest BCUT2D eigenvalue weighted by Gasteiger charge is -2.55. The predicted molar refractivity (Wildman–Crippen MR) is 129 cm³/mol. The molecular weight excluding hydrogens is 414 g/mol. The highest BCUT2D eigenvalue weighted by molar-refractivity contribution is 5.87. The zero-order chi connectivity index (χ0) is 23.0. The molecule has 6 heteroatoms. The summed E-state index contributed by atoms with van der Waals surface area (Å²) in [6.45, 7) is 10.4. The van der Waals surface area contributed by atoms with Crippen molar-refractivity contribution in [1.82, 2.24) is 9.88 Å². The number of rotatable bonds is 7. The number of nitrogens with zero attached hydrogens (tertiary/aromatic N) is 3. The summed E-state index contributed by atoms with van der Waals surface area (Å²) in [6, 6.07) is 8.43. The van der Waals surface area contributed by atoms with Crippen LogP contribution < -0.4 is 9.64 Å². The van der Waals surface area contributed by atoms with E-state index in [0.29, 0.717) is 17.7 Å². The van der Waals surface area contributed by atoms with Crippen LogP contribution in [0, 0.1) is 12.3 Å². The van der Waals surface area contributed by atoms with Crippen molar-refractivity contribution in [1.29, 1.82) is 0 Å². The number of carbonyl (C=O) groups excluding carboxylic acids is 1. The molecule has 1 spiro atoms. The van der Waals surface area contributed by atoms with Crippen molar-refractivity contribution in [3.8, 4) is 5.75 Å². The Balaban J connectivity index is 1.18. The quantitative estimate of drug-likeness (QED) is 0.578. The van der Waals surface area contributed by atoms with Crippen LogP contribution in [0.4, 0.5) is 5.69 Å². The smallest absolute Gasteiger partial charge is 0.356 e. The summed E-state index contributed by atoms with van der Waals surface area (Å²) in [7, 11) is 1.38. The first-order valence-electron chi connectivity index (χ1n) is 12.3. The fourth-order valence-electron chi connectivity index (χ4n) is 5.46. The number of piperidine rings is 1. The molecule has 2 aliphatic heterocycles. The van der Waals surface area contributed by atoms with Crippen LogP contribution in [0.3, 0.4) is 0 Å². The third kappa shape index (κ3) is 4.58. The Morgan fingerprint density at radius 1 is 1.18 bits per heavy atom. The van der Waals surface area contributed by atoms with E-state index < -0.39 is 0 Å². The van der Waals surface area contributed by atoms with Gasteiger partial charge in [-0.25, -0.2) is 9.78 Å². The molecule has 0 N–H and O–H groups in total. The Bertz CT molecular complexity index is 1000. The summed E-state index contributed by atoms with van der Waals surface area (Å²) in [5.74, 6) is 1.41. The van der Waals surface area contributed by atoms with Gasteiger partial charge in [-0.15, -0.1) is 0 Å². The lowest BCUT2D eigenvalue weighted by atomic mass is 9.71. The van der Waals surface area contributed by atoms with Crippen molar-refractivity contribution in [2.45, 2.75) is 52.0 Å². The van der Waals surface area contributed by atoms with E-state index in [4.69, 9.17) is 9.47 Å². The van der Waals surface area contributed by atoms with Gasteiger partial charge in [0.05, 0.1) is 25.6 Å². The van der Waals surface area contributed by atoms with Gasteiger partial charge in [0.1, 0.15) is 11.4 Å². The number of ether oxygens (including phenoxy) is 2. The summed E-state index contributed by atoms with van der Waals surface area (Å²) < 4.78 is 10.6. The minimum absolute atomic E-state index is 0.360. The zero-order valence-electron chi connectivity index (χ0n) is 20.1. The minimum atomic E-state index is -0.388. The molecule has 3 heterocycles. The summed E-state index contributed by atoms with van der Waals surface area (Å²) in [6.07, 6.45) is 6.92. The number of methoxy groups -OCH3 is 1. The number of aryl methyl sites for hydroxylation is 1. The van der Waals surface area contributed by atoms with Crippen molar-refractivity contribution in [2.75, 3.05) is 44.8 Å². The van der Waals surface area contributed by atoms with Crippen molar-refractivity contribution >= 4 is 11.7 Å². The number of benzene rings is 1. The van der Waals surface area contributed by atoms with Crippen molar-refractivity contribution in [3.05, 3.63) is 52.8 Å². The fourth-order valence-corrected chi connectivity index (χ4v) is 5.46. The molecule has 33 heavy (non-hydrogen) atoms. The third-order valence-corrected chi connectivity index (χ3v) is 7.62. The van der Waals surface area contributed by atoms with Gasteiger partial charge < -0.3 is 14.4 Å². The van der Waals surface area contributed by atoms with Crippen LogP contribution >= 0.6 is 0 Å². The number of carbonyl (C=O) groups is 1. The standard InChI is InChI=1S/C27H35N3O3/c1-4-33-25-14-21(23(13-19(25)2)20-5-6-20)16-29-11-9-27(10-12-29)17-30(18-27)22-7-8-24(28-15-22)26(31)32-3/h7-8,13-15,20H,4-6,9-12,16-18H2,1-3H3. The molecule has 176 valence electrons. The molecule has 2 aromatic rings. The maximum Gasteiger partial charge on any atom is 0.356 e. The molecule has 0 unspecified atom stereocenters. The molecular formula is C27H35N3O3. The molecule has 1 aromatic heterocycles. The van der Waals surface area contributed by atoms with Gasteiger partial charge in [-0.2, -0.15) is 0 Å². The molecule has 3 aliphatic rings. The second kappa shape index (κ2) is 8.98. The van der Waals surface area contributed by atoms with Crippen LogP contribution in [0.1, 0.15) is 65.7 Å². The van der Waals surface area contributed by atoms with Crippen LogP contribution in [-0.4, -0.2) is 55.7 Å². The molecule has 1 saturated carbocycles. The second-order valence-electron chi connectivity index (χ2n) is 10.0. The van der Waals surface area contributed by atoms with E-state index in [1.54, 1.807) is 17.8 Å². The number of aromatic nitrogens is 1. The molecule has 0 bridgehead atoms. The van der Waals surface area contributed by atoms with Gasteiger partial charge in [0, 0.05) is 25.0 Å². The first-order chi connectivity index (χ1) is 16.0. The lowest BCUT2D eigenvalue weighted by Crippen LogP contribution is -2.60. The van der Waals surface area contributed by atoms with Crippen molar-refractivity contribution in [2.24, 2.45) is 5.41 Å². The van der Waals surface area contributed by atoms with E-state index in [1.165, 1.54) is 43.9 Å². The molecule has 5 rings (SSSR count). The first kappa shape index (κ1) is 22.2. The molecule has 0 radical (unpaired) electrons. The highest BCUT2D eigenvalue weighted by Crippen LogP contribution is 2.45. The largest absolute Gasteiger partial charge is 0.494 e. The number of anilines is 1. The number of esters is 1. The lowest BCUT2D eigenvalue weighted by molar-refractivity contribution is 0.0593. The van der Waals surface area contributed by atoms with Crippen LogP contribution in [0.25, 0.3) is 0 Å². The highest BCUT2D eigenvalue weighted by Gasteiger charge is 2.45. The van der Waals surface area contributed by atoms with Crippen LogP contribution in [0.5, 0.6) is 5.75 Å². The van der Waals surface area contributed by atoms with Crippen molar-refractivity contribution < 1.29 is 14.3 Å². The SMILES string of the molecule is CCOc1cc(CN2CCC3(CC2)CN(c2ccc(C(=O)OC)nc2)C3)c(C2CC2)cc1C. The molecule has 2 saturated heterocycles. The minimum Gasteiger partial charge on any atom is -0.494 e. The number of hydrogen-bond donors (Lipinski definition) is 0. The normalized spacial score (nSPS) is 19.9. The Hall–Kier alpha value is -2.60. The number of hydrogen-bond acceptors (Lipinski definition) is 6. The maximum atomic E-state index is 11.6. The van der Waals surface area contributed by atoms with Crippen LogP contribution in [-0.2, 0) is 11.3 Å². The molecule has 1 aromatic carbocycles. The van der Waals surface area contributed by atoms with E-state index in [0.717, 1.165) is 50.1 Å². The monoisotopic (exact) mass is 449 g/mol. The van der Waals surface area contributed by atoms with E-state index in [1.807, 2.05) is 6.07 Å². The molecule has 3 fully saturated rings. The van der Waals surface area contributed by atoms with Gasteiger partial charge in [0.2, 0.25) is 0 Å². The van der Waals surface area contributed by atoms with Gasteiger partial charge in [-0.05, 0) is 93.4 Å².